The zero-order valence-electron chi connectivity index (χ0n) is 11.4. The van der Waals surface area contributed by atoms with Gasteiger partial charge in [0.2, 0.25) is 5.95 Å². The summed E-state index contributed by atoms with van der Waals surface area (Å²) in [4.78, 5) is 4.29. The molecule has 0 aliphatic rings. The van der Waals surface area contributed by atoms with E-state index in [0.29, 0.717) is 12.5 Å². The maximum atomic E-state index is 11.6. The second-order valence-electron chi connectivity index (χ2n) is 4.45. The van der Waals surface area contributed by atoms with Crippen LogP contribution in [0.2, 0.25) is 0 Å². The number of aryl methyl sites for hydroxylation is 3. The molecular formula is C11H19N5O2S. The number of aromatic nitrogens is 4. The minimum absolute atomic E-state index is 0.0613. The Hall–Kier alpha value is -1.57. The molecule has 106 valence electrons. The third kappa shape index (κ3) is 2.44. The van der Waals surface area contributed by atoms with Crippen molar-refractivity contribution in [1.29, 1.82) is 0 Å². The Labute approximate surface area is 112 Å². The summed E-state index contributed by atoms with van der Waals surface area (Å²) < 4.78 is 26.6. The summed E-state index contributed by atoms with van der Waals surface area (Å²) in [6.45, 7) is 3.95. The molecule has 0 aliphatic heterocycles. The highest BCUT2D eigenvalue weighted by atomic mass is 32.2. The van der Waals surface area contributed by atoms with Crippen LogP contribution in [0.5, 0.6) is 0 Å². The van der Waals surface area contributed by atoms with Gasteiger partial charge in [0, 0.05) is 19.3 Å². The fourth-order valence-corrected chi connectivity index (χ4v) is 2.84. The maximum absolute atomic E-state index is 11.6. The third-order valence-corrected chi connectivity index (χ3v) is 4.91. The molecular weight excluding hydrogens is 266 g/mol. The number of nitrogens with two attached hydrogens (primary N) is 1. The highest BCUT2D eigenvalue weighted by Gasteiger charge is 2.18. The first-order chi connectivity index (χ1) is 8.89. The molecule has 2 aromatic heterocycles. The minimum Gasteiger partial charge on any atom is -0.369 e. The Balaban J connectivity index is 2.43. The van der Waals surface area contributed by atoms with Gasteiger partial charge in [0.25, 0.3) is 0 Å². The summed E-state index contributed by atoms with van der Waals surface area (Å²) in [7, 11) is -1.21. The van der Waals surface area contributed by atoms with Crippen LogP contribution in [-0.2, 0) is 29.9 Å². The van der Waals surface area contributed by atoms with Crippen LogP contribution in [0.1, 0.15) is 19.5 Å². The molecule has 0 bridgehead atoms. The lowest BCUT2D eigenvalue weighted by Crippen LogP contribution is -2.16. The molecule has 0 saturated carbocycles. The normalized spacial score (nSPS) is 12.4. The van der Waals surface area contributed by atoms with E-state index in [1.165, 1.54) is 0 Å². The van der Waals surface area contributed by atoms with E-state index in [9.17, 15) is 8.42 Å². The van der Waals surface area contributed by atoms with E-state index in [2.05, 4.69) is 10.1 Å². The van der Waals surface area contributed by atoms with Gasteiger partial charge in [-0.05, 0) is 6.42 Å². The Kier molecular flexibility index (Phi) is 3.53. The second kappa shape index (κ2) is 4.84. The van der Waals surface area contributed by atoms with Crippen LogP contribution in [0, 0.1) is 0 Å². The number of anilines is 1. The average Bonchev–Trinajstić information content (AvgIpc) is 2.84. The summed E-state index contributed by atoms with van der Waals surface area (Å²) in [5.74, 6) is 0.534. The zero-order valence-corrected chi connectivity index (χ0v) is 12.2. The molecule has 0 aliphatic carbocycles. The molecule has 7 nitrogen and oxygen atoms in total. The van der Waals surface area contributed by atoms with E-state index in [0.717, 1.165) is 23.3 Å². The van der Waals surface area contributed by atoms with Crippen LogP contribution < -0.4 is 5.73 Å². The standard InChI is InChI=1S/C11H19N5O2S/c1-4-8-9-10(15(3)14-8)16(11(12)13-9)6-7-19(17,18)5-2/h4-7H2,1-3H3,(H2,12,13). The van der Waals surface area contributed by atoms with E-state index >= 15 is 0 Å². The second-order valence-corrected chi connectivity index (χ2v) is 6.93. The topological polar surface area (TPSA) is 95.8 Å². The number of hydrogen-bond donors (Lipinski definition) is 1. The Bertz CT molecular complexity index is 698. The molecule has 2 N–H and O–H groups in total. The molecule has 2 rings (SSSR count). The van der Waals surface area contributed by atoms with Gasteiger partial charge >= 0.3 is 0 Å². The van der Waals surface area contributed by atoms with Gasteiger partial charge in [0.1, 0.15) is 5.52 Å². The zero-order chi connectivity index (χ0) is 14.2. The fraction of sp³-hybridized carbons (Fsp3) is 0.636. The number of nitrogen functional groups attached to an aromatic ring is 1. The number of fused-ring (bicyclic) bond motifs is 1. The van der Waals surface area contributed by atoms with Crippen molar-refractivity contribution in [2.24, 2.45) is 7.05 Å². The molecule has 0 radical (unpaired) electrons. The lowest BCUT2D eigenvalue weighted by atomic mass is 10.3. The lowest BCUT2D eigenvalue weighted by molar-refractivity contribution is 0.590. The van der Waals surface area contributed by atoms with E-state index < -0.39 is 9.84 Å². The van der Waals surface area contributed by atoms with Gasteiger partial charge in [-0.25, -0.2) is 13.4 Å². The van der Waals surface area contributed by atoms with Gasteiger partial charge in [-0.1, -0.05) is 13.8 Å². The molecule has 0 spiro atoms. The lowest BCUT2D eigenvalue weighted by Gasteiger charge is -2.06. The van der Waals surface area contributed by atoms with E-state index in [-0.39, 0.29) is 11.5 Å². The van der Waals surface area contributed by atoms with Crippen LogP contribution in [0.15, 0.2) is 0 Å². The summed E-state index contributed by atoms with van der Waals surface area (Å²) in [5, 5.41) is 4.36. The molecule has 0 unspecified atom stereocenters. The van der Waals surface area contributed by atoms with Crippen molar-refractivity contribution in [2.45, 2.75) is 26.8 Å². The number of sulfone groups is 1. The summed E-state index contributed by atoms with van der Waals surface area (Å²) >= 11 is 0. The van der Waals surface area contributed by atoms with Crippen molar-refractivity contribution in [3.05, 3.63) is 5.69 Å². The predicted octanol–water partition coefficient (Wildman–Crippen LogP) is 0.349. The third-order valence-electron chi connectivity index (χ3n) is 3.22. The van der Waals surface area contributed by atoms with Crippen molar-refractivity contribution in [1.82, 2.24) is 19.3 Å². The van der Waals surface area contributed by atoms with Crippen LogP contribution in [-0.4, -0.2) is 39.3 Å². The molecule has 0 fully saturated rings. The van der Waals surface area contributed by atoms with E-state index in [1.807, 2.05) is 14.0 Å². The molecule has 8 heteroatoms. The predicted molar refractivity (Wildman–Crippen MR) is 74.6 cm³/mol. The van der Waals surface area contributed by atoms with Crippen molar-refractivity contribution in [3.8, 4) is 0 Å². The Morgan fingerprint density at radius 2 is 2.00 bits per heavy atom. The van der Waals surface area contributed by atoms with Gasteiger partial charge in [0.15, 0.2) is 15.5 Å². The van der Waals surface area contributed by atoms with Gasteiger partial charge < -0.3 is 5.73 Å². The summed E-state index contributed by atoms with van der Waals surface area (Å²) in [6, 6.07) is 0. The molecule has 0 atom stereocenters. The molecule has 0 aromatic carbocycles. The van der Waals surface area contributed by atoms with Crippen molar-refractivity contribution in [2.75, 3.05) is 17.2 Å². The Morgan fingerprint density at radius 3 is 2.58 bits per heavy atom. The number of rotatable bonds is 5. The number of imidazole rings is 1. The SMILES string of the molecule is CCc1nn(C)c2c1nc(N)n2CCS(=O)(=O)CC. The van der Waals surface area contributed by atoms with E-state index in [4.69, 9.17) is 5.73 Å². The molecule has 2 aromatic rings. The summed E-state index contributed by atoms with van der Waals surface area (Å²) in [5.41, 5.74) is 8.29. The smallest absolute Gasteiger partial charge is 0.202 e. The summed E-state index contributed by atoms with van der Waals surface area (Å²) in [6.07, 6.45) is 0.765. The quantitative estimate of drug-likeness (QED) is 0.855. The first-order valence-electron chi connectivity index (χ1n) is 6.27. The van der Waals surface area contributed by atoms with Gasteiger partial charge in [-0.3, -0.25) is 9.25 Å². The molecule has 19 heavy (non-hydrogen) atoms. The Morgan fingerprint density at radius 1 is 1.32 bits per heavy atom. The van der Waals surface area contributed by atoms with Gasteiger partial charge in [0.05, 0.1) is 11.4 Å². The van der Waals surface area contributed by atoms with Crippen molar-refractivity contribution in [3.63, 3.8) is 0 Å². The van der Waals surface area contributed by atoms with Gasteiger partial charge in [-0.2, -0.15) is 5.10 Å². The van der Waals surface area contributed by atoms with Gasteiger partial charge in [-0.15, -0.1) is 0 Å². The number of nitrogens with zero attached hydrogens (tertiary/aromatic N) is 4. The first-order valence-corrected chi connectivity index (χ1v) is 8.09. The monoisotopic (exact) mass is 285 g/mol. The fourth-order valence-electron chi connectivity index (χ4n) is 2.09. The molecule has 0 amide bonds. The molecule has 0 saturated heterocycles. The highest BCUT2D eigenvalue weighted by Crippen LogP contribution is 2.21. The number of hydrogen-bond acceptors (Lipinski definition) is 5. The largest absolute Gasteiger partial charge is 0.369 e. The van der Waals surface area contributed by atoms with Crippen molar-refractivity contribution >= 4 is 26.9 Å². The minimum atomic E-state index is -3.03. The van der Waals surface area contributed by atoms with Crippen LogP contribution in [0.3, 0.4) is 0 Å². The van der Waals surface area contributed by atoms with E-state index in [1.54, 1.807) is 16.2 Å². The van der Waals surface area contributed by atoms with Crippen molar-refractivity contribution < 1.29 is 8.42 Å². The van der Waals surface area contributed by atoms with Crippen LogP contribution >= 0.6 is 0 Å². The average molecular weight is 285 g/mol. The molecule has 2 heterocycles. The van der Waals surface area contributed by atoms with Crippen LogP contribution in [0.4, 0.5) is 5.95 Å². The highest BCUT2D eigenvalue weighted by molar-refractivity contribution is 7.91. The maximum Gasteiger partial charge on any atom is 0.202 e. The first kappa shape index (κ1) is 13.9. The van der Waals surface area contributed by atoms with Crippen LogP contribution in [0.25, 0.3) is 11.2 Å².